The molecule has 4 nitrogen and oxygen atoms in total. The molecule has 0 fully saturated rings. The molecule has 0 saturated heterocycles. The monoisotopic (exact) mass is 223 g/mol. The predicted molar refractivity (Wildman–Crippen MR) is 45.1 cm³/mol. The fourth-order valence-electron chi connectivity index (χ4n) is 0.896. The molecule has 6 heteroatoms. The average Bonchev–Trinajstić information content (AvgIpc) is 2.08. The molecule has 1 aromatic carbocycles. The Hall–Kier alpha value is -0.260. The molecule has 0 saturated carbocycles. The van der Waals surface area contributed by atoms with Gasteiger partial charge in [-0.1, -0.05) is 11.6 Å². The molecule has 0 radical (unpaired) electrons. The van der Waals surface area contributed by atoms with Gasteiger partial charge in [-0.15, -0.1) is 0 Å². The molecule has 0 amide bonds. The van der Waals surface area contributed by atoms with Crippen LogP contribution in [0.15, 0.2) is 18.2 Å². The van der Waals surface area contributed by atoms with Gasteiger partial charge in [0.1, 0.15) is 5.75 Å². The number of halogens is 1. The molecule has 0 aliphatic rings. The number of phenols is 1. The van der Waals surface area contributed by atoms with Crippen LogP contribution in [0.5, 0.6) is 5.75 Å². The summed E-state index contributed by atoms with van der Waals surface area (Å²) in [5, 5.41) is 19.6. The van der Waals surface area contributed by atoms with E-state index < -0.39 is 12.0 Å². The van der Waals surface area contributed by atoms with Crippen molar-refractivity contribution in [1.29, 1.82) is 0 Å². The van der Waals surface area contributed by atoms with Crippen molar-refractivity contribution < 1.29 is 44.6 Å². The van der Waals surface area contributed by atoms with Crippen molar-refractivity contribution in [1.82, 2.24) is 0 Å². The number of benzene rings is 1. The zero-order valence-electron chi connectivity index (χ0n) is 7.53. The third kappa shape index (κ3) is 3.15. The maximum absolute atomic E-state index is 10.4. The number of hydrogen-bond acceptors (Lipinski definition) is 4. The normalized spacial score (nSPS) is 11.6. The summed E-state index contributed by atoms with van der Waals surface area (Å²) in [5.74, 6) is -1.52. The van der Waals surface area contributed by atoms with E-state index in [1.165, 1.54) is 18.2 Å². The van der Waals surface area contributed by atoms with Crippen LogP contribution >= 0.6 is 11.6 Å². The van der Waals surface area contributed by atoms with Gasteiger partial charge in [0.2, 0.25) is 0 Å². The standard InChI is InChI=1S/C8H8ClNO3.Na/c9-6-2-1-4(11)3-5(6)7(10)8(12)13;/h1-3,7,11H,10H2,(H,12,13);/q;+1/p-1/t7-;/m1./s1. The molecule has 0 bridgehead atoms. The van der Waals surface area contributed by atoms with E-state index in [1.54, 1.807) is 0 Å². The second-order valence-corrected chi connectivity index (χ2v) is 2.91. The first-order valence-electron chi connectivity index (χ1n) is 3.47. The smallest absolute Gasteiger partial charge is 0.548 e. The van der Waals surface area contributed by atoms with Crippen molar-refractivity contribution >= 4 is 17.6 Å². The van der Waals surface area contributed by atoms with Crippen LogP contribution < -0.4 is 40.4 Å². The summed E-state index contributed by atoms with van der Waals surface area (Å²) >= 11 is 5.65. The number of aromatic hydroxyl groups is 1. The van der Waals surface area contributed by atoms with E-state index in [1.807, 2.05) is 0 Å². The Morgan fingerprint density at radius 1 is 1.57 bits per heavy atom. The summed E-state index contributed by atoms with van der Waals surface area (Å²) in [4.78, 5) is 10.4. The number of carboxylic acids is 1. The van der Waals surface area contributed by atoms with Gasteiger partial charge in [-0.3, -0.25) is 0 Å². The average molecular weight is 224 g/mol. The van der Waals surface area contributed by atoms with Crippen LogP contribution in [0, 0.1) is 0 Å². The summed E-state index contributed by atoms with van der Waals surface area (Å²) in [5.41, 5.74) is 5.39. The number of hydrogen-bond donors (Lipinski definition) is 2. The quantitative estimate of drug-likeness (QED) is 0.517. The van der Waals surface area contributed by atoms with Crippen LogP contribution in [0.4, 0.5) is 0 Å². The van der Waals surface area contributed by atoms with Crippen LogP contribution in [0.3, 0.4) is 0 Å². The van der Waals surface area contributed by atoms with E-state index in [0.29, 0.717) is 0 Å². The zero-order chi connectivity index (χ0) is 10.0. The van der Waals surface area contributed by atoms with Crippen molar-refractivity contribution in [2.24, 2.45) is 5.73 Å². The fourth-order valence-corrected chi connectivity index (χ4v) is 1.13. The first-order valence-corrected chi connectivity index (χ1v) is 3.85. The Balaban J connectivity index is 0.00000169. The summed E-state index contributed by atoms with van der Waals surface area (Å²) in [6.07, 6.45) is 0. The summed E-state index contributed by atoms with van der Waals surface area (Å²) in [7, 11) is 0. The molecule has 3 N–H and O–H groups in total. The van der Waals surface area contributed by atoms with Gasteiger partial charge in [-0.25, -0.2) is 0 Å². The Morgan fingerprint density at radius 2 is 2.14 bits per heavy atom. The molecule has 70 valence electrons. The maximum Gasteiger partial charge on any atom is 1.00 e. The van der Waals surface area contributed by atoms with Gasteiger partial charge < -0.3 is 20.7 Å². The Labute approximate surface area is 108 Å². The van der Waals surface area contributed by atoms with Gasteiger partial charge in [-0.2, -0.15) is 0 Å². The maximum atomic E-state index is 10.4. The summed E-state index contributed by atoms with van der Waals surface area (Å²) in [6, 6.07) is 2.59. The van der Waals surface area contributed by atoms with Gasteiger partial charge in [-0.05, 0) is 23.8 Å². The Kier molecular flexibility index (Phi) is 5.48. The Bertz CT molecular complexity index is 345. The van der Waals surface area contributed by atoms with Crippen molar-refractivity contribution in [2.45, 2.75) is 6.04 Å². The minimum absolute atomic E-state index is 0. The fraction of sp³-hybridized carbons (Fsp3) is 0.125. The number of carbonyl (C=O) groups excluding carboxylic acids is 1. The third-order valence-corrected chi connectivity index (χ3v) is 1.91. The second kappa shape index (κ2) is 5.58. The number of nitrogens with two attached hydrogens (primary N) is 1. The molecule has 14 heavy (non-hydrogen) atoms. The minimum Gasteiger partial charge on any atom is -0.548 e. The van der Waals surface area contributed by atoms with Crippen molar-refractivity contribution in [2.75, 3.05) is 0 Å². The summed E-state index contributed by atoms with van der Waals surface area (Å²) < 4.78 is 0. The molecule has 1 rings (SSSR count). The van der Waals surface area contributed by atoms with E-state index in [4.69, 9.17) is 22.4 Å². The third-order valence-electron chi connectivity index (χ3n) is 1.57. The molecule has 0 spiro atoms. The van der Waals surface area contributed by atoms with Crippen molar-refractivity contribution in [3.63, 3.8) is 0 Å². The van der Waals surface area contributed by atoms with Crippen LogP contribution in [0.1, 0.15) is 11.6 Å². The minimum atomic E-state index is -1.44. The number of phenolic OH excluding ortho intramolecular Hbond substituents is 1. The second-order valence-electron chi connectivity index (χ2n) is 2.50. The molecular formula is C8H7ClNNaO3. The molecule has 0 aliphatic heterocycles. The number of rotatable bonds is 2. The van der Waals surface area contributed by atoms with Gasteiger partial charge in [0.05, 0.1) is 12.0 Å². The van der Waals surface area contributed by atoms with E-state index in [0.717, 1.165) is 0 Å². The first kappa shape index (κ1) is 13.7. The van der Waals surface area contributed by atoms with E-state index >= 15 is 0 Å². The molecule has 0 unspecified atom stereocenters. The zero-order valence-corrected chi connectivity index (χ0v) is 10.3. The SMILES string of the molecule is N[C@@H](C(=O)[O-])c1cc(O)ccc1Cl.[Na+]. The first-order chi connectivity index (χ1) is 6.02. The van der Waals surface area contributed by atoms with Crippen LogP contribution in [-0.4, -0.2) is 11.1 Å². The van der Waals surface area contributed by atoms with Crippen LogP contribution in [0.2, 0.25) is 5.02 Å². The van der Waals surface area contributed by atoms with Crippen LogP contribution in [0.25, 0.3) is 0 Å². The van der Waals surface area contributed by atoms with E-state index in [9.17, 15) is 9.90 Å². The molecule has 0 heterocycles. The molecule has 0 aliphatic carbocycles. The molecular weight excluding hydrogens is 217 g/mol. The Morgan fingerprint density at radius 3 is 2.64 bits per heavy atom. The molecule has 0 aromatic heterocycles. The summed E-state index contributed by atoms with van der Waals surface area (Å²) in [6.45, 7) is 0. The van der Waals surface area contributed by atoms with Gasteiger partial charge >= 0.3 is 29.6 Å². The molecule has 1 aromatic rings. The number of aliphatic carboxylic acids is 1. The van der Waals surface area contributed by atoms with Crippen LogP contribution in [-0.2, 0) is 4.79 Å². The van der Waals surface area contributed by atoms with E-state index in [2.05, 4.69) is 0 Å². The van der Waals surface area contributed by atoms with E-state index in [-0.39, 0.29) is 45.9 Å². The number of carbonyl (C=O) groups is 1. The van der Waals surface area contributed by atoms with Crippen molar-refractivity contribution in [3.05, 3.63) is 28.8 Å². The predicted octanol–water partition coefficient (Wildman–Crippen LogP) is -3.20. The van der Waals surface area contributed by atoms with Gasteiger partial charge in [0, 0.05) is 5.02 Å². The topological polar surface area (TPSA) is 86.4 Å². The largest absolute Gasteiger partial charge is 1.00 e. The molecule has 1 atom stereocenters. The van der Waals surface area contributed by atoms with Gasteiger partial charge in [0.25, 0.3) is 0 Å². The number of carboxylic acid groups (broad SMARTS) is 1. The van der Waals surface area contributed by atoms with Gasteiger partial charge in [0.15, 0.2) is 0 Å². The van der Waals surface area contributed by atoms with Crippen molar-refractivity contribution in [3.8, 4) is 5.75 Å².